The average molecular weight is 436 g/mol. The average Bonchev–Trinajstić information content (AvgIpc) is 3.29. The molecule has 1 aliphatic carbocycles. The maximum Gasteiger partial charge on any atom is 0.247 e. The summed E-state index contributed by atoms with van der Waals surface area (Å²) in [7, 11) is 0. The Hall–Kier alpha value is -2.31. The number of piperidine rings is 1. The van der Waals surface area contributed by atoms with Gasteiger partial charge in [0, 0.05) is 5.57 Å². The van der Waals surface area contributed by atoms with Gasteiger partial charge in [0.05, 0.1) is 28.2 Å². The number of imide groups is 1. The van der Waals surface area contributed by atoms with Crippen LogP contribution in [0.15, 0.2) is 36.4 Å². The molecule has 0 saturated carbocycles. The zero-order valence-electron chi connectivity index (χ0n) is 18.4. The van der Waals surface area contributed by atoms with E-state index in [9.17, 15) is 9.59 Å². The van der Waals surface area contributed by atoms with Crippen LogP contribution < -0.4 is 0 Å². The number of rotatable bonds is 3. The number of aromatic nitrogens is 1. The molecular formula is C25H29N3O2S. The van der Waals surface area contributed by atoms with E-state index in [-0.39, 0.29) is 17.9 Å². The molecule has 6 heteroatoms. The zero-order valence-corrected chi connectivity index (χ0v) is 19.2. The van der Waals surface area contributed by atoms with Crippen LogP contribution in [-0.4, -0.2) is 51.3 Å². The molecule has 3 heterocycles. The van der Waals surface area contributed by atoms with Gasteiger partial charge in [0.25, 0.3) is 0 Å². The third kappa shape index (κ3) is 3.66. The Morgan fingerprint density at radius 3 is 2.68 bits per heavy atom. The summed E-state index contributed by atoms with van der Waals surface area (Å²) in [4.78, 5) is 34.8. The second-order valence-electron chi connectivity index (χ2n) is 9.55. The molecule has 2 saturated heterocycles. The van der Waals surface area contributed by atoms with E-state index in [0.29, 0.717) is 18.8 Å². The highest BCUT2D eigenvalue weighted by atomic mass is 32.1. The van der Waals surface area contributed by atoms with Crippen molar-refractivity contribution >= 4 is 38.9 Å². The number of aryl methyl sites for hydroxylation is 1. The smallest absolute Gasteiger partial charge is 0.247 e. The highest BCUT2D eigenvalue weighted by Gasteiger charge is 2.49. The fraction of sp³-hybridized carbons (Fsp3) is 0.480. The Bertz CT molecular complexity index is 1110. The third-order valence-electron chi connectivity index (χ3n) is 7.04. The van der Waals surface area contributed by atoms with E-state index in [2.05, 4.69) is 43.0 Å². The van der Waals surface area contributed by atoms with E-state index in [1.165, 1.54) is 15.2 Å². The number of allylic oxidation sites excluding steroid dienone is 2. The van der Waals surface area contributed by atoms with Crippen LogP contribution in [0.25, 0.3) is 15.8 Å². The van der Waals surface area contributed by atoms with E-state index < -0.39 is 5.54 Å². The van der Waals surface area contributed by atoms with Gasteiger partial charge in [0.1, 0.15) is 5.01 Å². The highest BCUT2D eigenvalue weighted by molar-refractivity contribution is 7.19. The van der Waals surface area contributed by atoms with E-state index >= 15 is 0 Å². The molecule has 0 radical (unpaired) electrons. The maximum absolute atomic E-state index is 13.3. The molecule has 5 rings (SSSR count). The van der Waals surface area contributed by atoms with Gasteiger partial charge in [0.15, 0.2) is 0 Å². The molecule has 162 valence electrons. The molecule has 5 nitrogen and oxygen atoms in total. The van der Waals surface area contributed by atoms with E-state index in [1.807, 2.05) is 19.1 Å². The largest absolute Gasteiger partial charge is 0.292 e. The van der Waals surface area contributed by atoms with Crippen LogP contribution in [0.2, 0.25) is 0 Å². The molecule has 0 N–H and O–H groups in total. The van der Waals surface area contributed by atoms with Crippen LogP contribution in [0.5, 0.6) is 0 Å². The van der Waals surface area contributed by atoms with E-state index in [1.54, 1.807) is 11.3 Å². The van der Waals surface area contributed by atoms with Gasteiger partial charge >= 0.3 is 0 Å². The van der Waals surface area contributed by atoms with Crippen molar-refractivity contribution in [2.45, 2.75) is 58.0 Å². The summed E-state index contributed by atoms with van der Waals surface area (Å²) >= 11 is 1.69. The number of amides is 2. The quantitative estimate of drug-likeness (QED) is 0.663. The second kappa shape index (κ2) is 7.68. The minimum atomic E-state index is -0.608. The summed E-state index contributed by atoms with van der Waals surface area (Å²) in [6.45, 7) is 8.16. The molecule has 2 aromatic rings. The molecule has 1 aromatic carbocycles. The fourth-order valence-electron chi connectivity index (χ4n) is 4.98. The van der Waals surface area contributed by atoms with Crippen LogP contribution in [-0.2, 0) is 9.59 Å². The lowest BCUT2D eigenvalue weighted by molar-refractivity contribution is -0.144. The number of likely N-dealkylation sites (tertiary alicyclic amines) is 2. The Morgan fingerprint density at radius 2 is 1.97 bits per heavy atom. The van der Waals surface area contributed by atoms with Crippen LogP contribution in [0.3, 0.4) is 0 Å². The van der Waals surface area contributed by atoms with Crippen LogP contribution in [0.1, 0.15) is 50.1 Å². The molecule has 2 aliphatic heterocycles. The highest BCUT2D eigenvalue weighted by Crippen LogP contribution is 2.37. The fourth-order valence-corrected chi connectivity index (χ4v) is 6.06. The van der Waals surface area contributed by atoms with Gasteiger partial charge in [-0.3, -0.25) is 19.4 Å². The standard InChI is InChI=1S/C25H29N3O2S/c1-16-8-12-27(13-9-16)20-15-22(29)28(24(20)30)25(3)10-6-18(7-11-25)23-26-19-5-4-17(2)14-21(19)31-23/h4-7,10,14,16,20H,8-9,11-13,15H2,1-3H3. The van der Waals surface area contributed by atoms with Gasteiger partial charge in [-0.15, -0.1) is 11.3 Å². The molecule has 2 fully saturated rings. The van der Waals surface area contributed by atoms with E-state index in [0.717, 1.165) is 42.0 Å². The zero-order chi connectivity index (χ0) is 21.8. The number of benzene rings is 1. The molecule has 1 aromatic heterocycles. The topological polar surface area (TPSA) is 53.5 Å². The lowest BCUT2D eigenvalue weighted by atomic mass is 9.89. The van der Waals surface area contributed by atoms with Crippen molar-refractivity contribution in [3.8, 4) is 0 Å². The molecule has 2 amide bonds. The number of hydrogen-bond donors (Lipinski definition) is 0. The predicted molar refractivity (Wildman–Crippen MR) is 125 cm³/mol. The Balaban J connectivity index is 1.34. The van der Waals surface area contributed by atoms with Gasteiger partial charge in [-0.25, -0.2) is 4.98 Å². The predicted octanol–water partition coefficient (Wildman–Crippen LogP) is 4.57. The second-order valence-corrected chi connectivity index (χ2v) is 10.6. The number of thiazole rings is 1. The summed E-state index contributed by atoms with van der Waals surface area (Å²) in [5, 5.41) is 0.985. The number of fused-ring (bicyclic) bond motifs is 1. The summed E-state index contributed by atoms with van der Waals surface area (Å²) in [6, 6.07) is 6.02. The van der Waals surface area contributed by atoms with Crippen LogP contribution in [0, 0.1) is 12.8 Å². The van der Waals surface area contributed by atoms with Crippen molar-refractivity contribution in [1.29, 1.82) is 0 Å². The first kappa shape index (κ1) is 20.6. The van der Waals surface area contributed by atoms with Gasteiger partial charge in [-0.1, -0.05) is 31.2 Å². The first-order chi connectivity index (χ1) is 14.8. The van der Waals surface area contributed by atoms with Gasteiger partial charge < -0.3 is 0 Å². The third-order valence-corrected chi connectivity index (χ3v) is 8.11. The first-order valence-electron chi connectivity index (χ1n) is 11.2. The molecule has 31 heavy (non-hydrogen) atoms. The van der Waals surface area contributed by atoms with Crippen molar-refractivity contribution in [2.24, 2.45) is 5.92 Å². The molecule has 2 atom stereocenters. The SMILES string of the molecule is Cc1ccc2nc(C3=CCC(C)(N4C(=O)CC(N5CCC(C)CC5)C4=O)C=C3)sc2c1. The summed E-state index contributed by atoms with van der Waals surface area (Å²) in [5.41, 5.74) is 2.70. The van der Waals surface area contributed by atoms with Crippen molar-refractivity contribution in [3.05, 3.63) is 47.0 Å². The van der Waals surface area contributed by atoms with Crippen molar-refractivity contribution in [3.63, 3.8) is 0 Å². The summed E-state index contributed by atoms with van der Waals surface area (Å²) in [6.07, 6.45) is 9.31. The van der Waals surface area contributed by atoms with Crippen LogP contribution in [0.4, 0.5) is 0 Å². The molecule has 0 bridgehead atoms. The Labute approximate surface area is 187 Å². The lowest BCUT2D eigenvalue weighted by Gasteiger charge is -2.38. The van der Waals surface area contributed by atoms with Gasteiger partial charge in [-0.05, 0) is 69.8 Å². The maximum atomic E-state index is 13.3. The molecule has 2 unspecified atom stereocenters. The van der Waals surface area contributed by atoms with Crippen molar-refractivity contribution in [2.75, 3.05) is 13.1 Å². The monoisotopic (exact) mass is 435 g/mol. The molecular weight excluding hydrogens is 406 g/mol. The summed E-state index contributed by atoms with van der Waals surface area (Å²) < 4.78 is 1.18. The van der Waals surface area contributed by atoms with E-state index in [4.69, 9.17) is 4.98 Å². The van der Waals surface area contributed by atoms with Gasteiger partial charge in [-0.2, -0.15) is 0 Å². The van der Waals surface area contributed by atoms with Crippen LogP contribution >= 0.6 is 11.3 Å². The minimum absolute atomic E-state index is 0.0287. The Morgan fingerprint density at radius 1 is 1.19 bits per heavy atom. The van der Waals surface area contributed by atoms with Gasteiger partial charge in [0.2, 0.25) is 11.8 Å². The summed E-state index contributed by atoms with van der Waals surface area (Å²) in [5.74, 6) is 0.625. The molecule has 3 aliphatic rings. The Kier molecular flexibility index (Phi) is 5.10. The molecule has 0 spiro atoms. The van der Waals surface area contributed by atoms with Crippen molar-refractivity contribution in [1.82, 2.24) is 14.8 Å². The number of carbonyl (C=O) groups excluding carboxylic acids is 2. The number of nitrogens with zero attached hydrogens (tertiary/aromatic N) is 3. The number of carbonyl (C=O) groups is 2. The number of hydrogen-bond acceptors (Lipinski definition) is 5. The normalized spacial score (nSPS) is 28.0. The van der Waals surface area contributed by atoms with Crippen molar-refractivity contribution < 1.29 is 9.59 Å². The lowest BCUT2D eigenvalue weighted by Crippen LogP contribution is -2.52. The first-order valence-corrected chi connectivity index (χ1v) is 12.0. The minimum Gasteiger partial charge on any atom is -0.292 e.